The van der Waals surface area contributed by atoms with Gasteiger partial charge in [0.1, 0.15) is 5.82 Å². The van der Waals surface area contributed by atoms with Crippen molar-refractivity contribution in [2.45, 2.75) is 32.7 Å². The molecule has 0 amide bonds. The van der Waals surface area contributed by atoms with Crippen LogP contribution in [0.4, 0.5) is 10.1 Å². The molecule has 0 aromatic heterocycles. The first-order chi connectivity index (χ1) is 8.69. The first-order valence-electron chi connectivity index (χ1n) is 6.88. The molecule has 1 aromatic rings. The molecule has 1 aliphatic rings. The molecule has 0 radical (unpaired) electrons. The van der Waals surface area contributed by atoms with E-state index in [9.17, 15) is 4.39 Å². The summed E-state index contributed by atoms with van der Waals surface area (Å²) in [6.45, 7) is 5.12. The van der Waals surface area contributed by atoms with Gasteiger partial charge < -0.3 is 10.2 Å². The number of hydrogen-bond acceptors (Lipinski definition) is 2. The summed E-state index contributed by atoms with van der Waals surface area (Å²) in [5.74, 6) is 0.662. The molecule has 0 aliphatic carbocycles. The van der Waals surface area contributed by atoms with Crippen LogP contribution in [0.2, 0.25) is 0 Å². The van der Waals surface area contributed by atoms with Gasteiger partial charge in [-0.2, -0.15) is 0 Å². The molecule has 0 saturated carbocycles. The average Bonchev–Trinajstić information content (AvgIpc) is 2.54. The van der Waals surface area contributed by atoms with E-state index in [1.165, 1.54) is 19.3 Å². The second-order valence-electron chi connectivity index (χ2n) is 5.37. The molecule has 1 atom stereocenters. The molecule has 1 fully saturated rings. The summed E-state index contributed by atoms with van der Waals surface area (Å²) in [7, 11) is 1.89. The van der Waals surface area contributed by atoms with Gasteiger partial charge in [-0.3, -0.25) is 0 Å². The zero-order valence-electron chi connectivity index (χ0n) is 11.4. The van der Waals surface area contributed by atoms with E-state index in [4.69, 9.17) is 0 Å². The standard InChI is InChI=1S/C15H23FN2/c1-12-4-3-6-18(7-5-12)15-9-13(11-17-2)8-14(16)10-15/h8-10,12,17H,3-7,11H2,1-2H3. The van der Waals surface area contributed by atoms with Crippen LogP contribution in [0.3, 0.4) is 0 Å². The summed E-state index contributed by atoms with van der Waals surface area (Å²) in [5.41, 5.74) is 2.05. The van der Waals surface area contributed by atoms with Crippen molar-refractivity contribution in [3.05, 3.63) is 29.6 Å². The summed E-state index contributed by atoms with van der Waals surface area (Å²) in [6.07, 6.45) is 3.70. The highest BCUT2D eigenvalue weighted by Crippen LogP contribution is 2.24. The zero-order valence-corrected chi connectivity index (χ0v) is 11.4. The number of hydrogen-bond donors (Lipinski definition) is 1. The molecule has 1 aromatic carbocycles. The topological polar surface area (TPSA) is 15.3 Å². The van der Waals surface area contributed by atoms with Crippen molar-refractivity contribution in [3.63, 3.8) is 0 Å². The molecule has 0 spiro atoms. The Balaban J connectivity index is 2.15. The monoisotopic (exact) mass is 250 g/mol. The quantitative estimate of drug-likeness (QED) is 0.886. The van der Waals surface area contributed by atoms with Gasteiger partial charge in [-0.05, 0) is 56.0 Å². The van der Waals surface area contributed by atoms with E-state index >= 15 is 0 Å². The maximum absolute atomic E-state index is 13.6. The third-order valence-corrected chi connectivity index (χ3v) is 3.71. The Bertz CT molecular complexity index is 392. The molecule has 2 nitrogen and oxygen atoms in total. The van der Waals surface area contributed by atoms with E-state index < -0.39 is 0 Å². The van der Waals surface area contributed by atoms with Gasteiger partial charge in [0.2, 0.25) is 0 Å². The van der Waals surface area contributed by atoms with Crippen LogP contribution in [0, 0.1) is 11.7 Å². The van der Waals surface area contributed by atoms with Crippen molar-refractivity contribution in [3.8, 4) is 0 Å². The van der Waals surface area contributed by atoms with E-state index in [1.807, 2.05) is 7.05 Å². The van der Waals surface area contributed by atoms with Crippen LogP contribution in [0.15, 0.2) is 18.2 Å². The maximum Gasteiger partial charge on any atom is 0.125 e. The molecular weight excluding hydrogens is 227 g/mol. The predicted molar refractivity (Wildman–Crippen MR) is 74.4 cm³/mol. The Hall–Kier alpha value is -1.09. The summed E-state index contributed by atoms with van der Waals surface area (Å²) in [4.78, 5) is 2.33. The van der Waals surface area contributed by atoms with Crippen LogP contribution in [0.25, 0.3) is 0 Å². The smallest absolute Gasteiger partial charge is 0.125 e. The number of rotatable bonds is 3. The van der Waals surface area contributed by atoms with Gasteiger partial charge >= 0.3 is 0 Å². The molecule has 1 saturated heterocycles. The highest BCUT2D eigenvalue weighted by atomic mass is 19.1. The highest BCUT2D eigenvalue weighted by Gasteiger charge is 2.15. The van der Waals surface area contributed by atoms with Crippen molar-refractivity contribution in [1.29, 1.82) is 0 Å². The van der Waals surface area contributed by atoms with Gasteiger partial charge in [-0.25, -0.2) is 4.39 Å². The fourth-order valence-electron chi connectivity index (χ4n) is 2.64. The average molecular weight is 250 g/mol. The van der Waals surface area contributed by atoms with E-state index in [1.54, 1.807) is 12.1 Å². The van der Waals surface area contributed by atoms with Crippen LogP contribution in [0.5, 0.6) is 0 Å². The third-order valence-electron chi connectivity index (χ3n) is 3.71. The van der Waals surface area contributed by atoms with Crippen LogP contribution >= 0.6 is 0 Å². The first kappa shape index (κ1) is 13.3. The van der Waals surface area contributed by atoms with Crippen molar-refractivity contribution in [1.82, 2.24) is 5.32 Å². The van der Waals surface area contributed by atoms with Crippen molar-refractivity contribution >= 4 is 5.69 Å². The molecule has 100 valence electrons. The van der Waals surface area contributed by atoms with Gasteiger partial charge in [0.25, 0.3) is 0 Å². The number of nitrogens with zero attached hydrogens (tertiary/aromatic N) is 1. The Morgan fingerprint density at radius 2 is 2.11 bits per heavy atom. The number of nitrogens with one attached hydrogen (secondary N) is 1. The van der Waals surface area contributed by atoms with E-state index in [2.05, 4.69) is 23.2 Å². The van der Waals surface area contributed by atoms with Gasteiger partial charge in [-0.15, -0.1) is 0 Å². The predicted octanol–water partition coefficient (Wildman–Crippen LogP) is 3.17. The maximum atomic E-state index is 13.6. The molecule has 1 aliphatic heterocycles. The van der Waals surface area contributed by atoms with Crippen molar-refractivity contribution < 1.29 is 4.39 Å². The Kier molecular flexibility index (Phi) is 4.59. The summed E-state index contributed by atoms with van der Waals surface area (Å²) in [5, 5.41) is 3.08. The Labute approximate surface area is 109 Å². The minimum Gasteiger partial charge on any atom is -0.371 e. The molecule has 1 unspecified atom stereocenters. The molecular formula is C15H23FN2. The Morgan fingerprint density at radius 3 is 2.89 bits per heavy atom. The van der Waals surface area contributed by atoms with Crippen molar-refractivity contribution in [2.24, 2.45) is 5.92 Å². The summed E-state index contributed by atoms with van der Waals surface area (Å²) >= 11 is 0. The van der Waals surface area contributed by atoms with E-state index in [0.29, 0.717) is 0 Å². The van der Waals surface area contributed by atoms with Gasteiger partial charge in [0.15, 0.2) is 0 Å². The SMILES string of the molecule is CNCc1cc(F)cc(N2CCCC(C)CC2)c1. The van der Waals surface area contributed by atoms with Crippen LogP contribution in [-0.4, -0.2) is 20.1 Å². The van der Waals surface area contributed by atoms with Gasteiger partial charge in [0, 0.05) is 25.3 Å². The van der Waals surface area contributed by atoms with Crippen molar-refractivity contribution in [2.75, 3.05) is 25.0 Å². The molecule has 2 rings (SSSR count). The Morgan fingerprint density at radius 1 is 1.28 bits per heavy atom. The number of halogens is 1. The minimum absolute atomic E-state index is 0.130. The number of anilines is 1. The molecule has 0 bridgehead atoms. The molecule has 1 heterocycles. The zero-order chi connectivity index (χ0) is 13.0. The number of benzene rings is 1. The summed E-state index contributed by atoms with van der Waals surface area (Å²) in [6, 6.07) is 5.38. The fourth-order valence-corrected chi connectivity index (χ4v) is 2.64. The fraction of sp³-hybridized carbons (Fsp3) is 0.600. The summed E-state index contributed by atoms with van der Waals surface area (Å²) < 4.78 is 13.6. The van der Waals surface area contributed by atoms with Crippen LogP contribution < -0.4 is 10.2 Å². The van der Waals surface area contributed by atoms with Crippen LogP contribution in [0.1, 0.15) is 31.7 Å². The molecule has 1 N–H and O–H groups in total. The second-order valence-corrected chi connectivity index (χ2v) is 5.37. The lowest BCUT2D eigenvalue weighted by molar-refractivity contribution is 0.521. The third kappa shape index (κ3) is 3.45. The van der Waals surface area contributed by atoms with Crippen LogP contribution in [-0.2, 0) is 6.54 Å². The first-order valence-corrected chi connectivity index (χ1v) is 6.88. The largest absolute Gasteiger partial charge is 0.371 e. The lowest BCUT2D eigenvalue weighted by Gasteiger charge is -2.23. The normalized spacial score (nSPS) is 20.8. The van der Waals surface area contributed by atoms with E-state index in [0.717, 1.165) is 36.8 Å². The van der Waals surface area contributed by atoms with Gasteiger partial charge in [0.05, 0.1) is 0 Å². The lowest BCUT2D eigenvalue weighted by Crippen LogP contribution is -2.24. The lowest BCUT2D eigenvalue weighted by atomic mass is 10.0. The highest BCUT2D eigenvalue weighted by molar-refractivity contribution is 5.49. The molecule has 3 heteroatoms. The van der Waals surface area contributed by atoms with Gasteiger partial charge in [-0.1, -0.05) is 6.92 Å². The molecule has 18 heavy (non-hydrogen) atoms. The minimum atomic E-state index is -0.130. The second kappa shape index (κ2) is 6.19. The van der Waals surface area contributed by atoms with E-state index in [-0.39, 0.29) is 5.82 Å².